The number of hydrogen-bond donors (Lipinski definition) is 2. The molecule has 0 unspecified atom stereocenters. The Labute approximate surface area is 150 Å². The van der Waals surface area contributed by atoms with Gasteiger partial charge >= 0.3 is 0 Å². The molecule has 1 heterocycles. The molecule has 2 aromatic carbocycles. The van der Waals surface area contributed by atoms with E-state index in [0.29, 0.717) is 6.61 Å². The lowest BCUT2D eigenvalue weighted by atomic mass is 10.1. The molecule has 132 valence electrons. The highest BCUT2D eigenvalue weighted by Crippen LogP contribution is 2.16. The van der Waals surface area contributed by atoms with Gasteiger partial charge in [0, 0.05) is 0 Å². The fraction of sp³-hybridized carbons (Fsp3) is 0.111. The van der Waals surface area contributed by atoms with E-state index in [0.717, 1.165) is 16.9 Å². The second-order valence-electron chi connectivity index (χ2n) is 5.52. The van der Waals surface area contributed by atoms with Gasteiger partial charge in [-0.1, -0.05) is 36.4 Å². The van der Waals surface area contributed by atoms with Crippen molar-refractivity contribution in [2.75, 3.05) is 5.73 Å². The topological polar surface area (TPSA) is 125 Å². The molecule has 8 nitrogen and oxygen atoms in total. The SMILES string of the molecule is Cc1ccccc1COc1cccc(/C=N/N=C(/N)c2nonc2N)c1. The summed E-state index contributed by atoms with van der Waals surface area (Å²) in [7, 11) is 0. The number of anilines is 1. The number of nitrogen functional groups attached to an aromatic ring is 1. The van der Waals surface area contributed by atoms with Crippen LogP contribution in [0.4, 0.5) is 5.82 Å². The Hall–Kier alpha value is -3.68. The van der Waals surface area contributed by atoms with Crippen molar-refractivity contribution in [2.24, 2.45) is 15.9 Å². The summed E-state index contributed by atoms with van der Waals surface area (Å²) < 4.78 is 10.3. The second kappa shape index (κ2) is 7.93. The smallest absolute Gasteiger partial charge is 0.199 e. The molecule has 0 aliphatic rings. The van der Waals surface area contributed by atoms with Crippen LogP contribution in [-0.2, 0) is 6.61 Å². The predicted octanol–water partition coefficient (Wildman–Crippen LogP) is 2.28. The Kier molecular flexibility index (Phi) is 5.23. The van der Waals surface area contributed by atoms with E-state index in [-0.39, 0.29) is 17.3 Å². The molecule has 0 radical (unpaired) electrons. The molecule has 0 spiro atoms. The van der Waals surface area contributed by atoms with E-state index in [1.165, 1.54) is 5.56 Å². The molecule has 8 heteroatoms. The molecular weight excluding hydrogens is 332 g/mol. The van der Waals surface area contributed by atoms with Gasteiger partial charge in [0.1, 0.15) is 12.4 Å². The van der Waals surface area contributed by atoms with E-state index in [9.17, 15) is 0 Å². The number of nitrogens with two attached hydrogens (primary N) is 2. The largest absolute Gasteiger partial charge is 0.489 e. The van der Waals surface area contributed by atoms with Crippen LogP contribution in [0.2, 0.25) is 0 Å². The molecule has 0 saturated carbocycles. The first-order valence-electron chi connectivity index (χ1n) is 7.86. The molecule has 1 aromatic heterocycles. The first-order chi connectivity index (χ1) is 12.6. The monoisotopic (exact) mass is 350 g/mol. The number of ether oxygens (including phenoxy) is 1. The number of hydrogen-bond acceptors (Lipinski definition) is 7. The summed E-state index contributed by atoms with van der Waals surface area (Å²) in [6.07, 6.45) is 1.55. The van der Waals surface area contributed by atoms with Gasteiger partial charge in [-0.25, -0.2) is 4.63 Å². The van der Waals surface area contributed by atoms with Crippen LogP contribution in [0, 0.1) is 6.92 Å². The third kappa shape index (κ3) is 4.23. The van der Waals surface area contributed by atoms with E-state index >= 15 is 0 Å². The summed E-state index contributed by atoms with van der Waals surface area (Å²) in [5.41, 5.74) is 14.6. The van der Waals surface area contributed by atoms with Crippen molar-refractivity contribution in [3.8, 4) is 5.75 Å². The van der Waals surface area contributed by atoms with Crippen molar-refractivity contribution in [1.29, 1.82) is 0 Å². The highest BCUT2D eigenvalue weighted by Gasteiger charge is 2.09. The maximum absolute atomic E-state index is 5.85. The molecule has 0 aliphatic heterocycles. The Balaban J connectivity index is 1.65. The molecule has 26 heavy (non-hydrogen) atoms. The first kappa shape index (κ1) is 17.2. The molecule has 4 N–H and O–H groups in total. The highest BCUT2D eigenvalue weighted by atomic mass is 16.6. The number of aryl methyl sites for hydroxylation is 1. The number of benzene rings is 2. The number of amidine groups is 1. The third-order valence-corrected chi connectivity index (χ3v) is 3.64. The summed E-state index contributed by atoms with van der Waals surface area (Å²) in [6, 6.07) is 15.6. The van der Waals surface area contributed by atoms with Crippen molar-refractivity contribution in [1.82, 2.24) is 10.3 Å². The van der Waals surface area contributed by atoms with Crippen LogP contribution in [0.15, 0.2) is 63.4 Å². The van der Waals surface area contributed by atoms with Crippen LogP contribution in [0.3, 0.4) is 0 Å². The van der Waals surface area contributed by atoms with Gasteiger partial charge in [-0.2, -0.15) is 5.10 Å². The maximum Gasteiger partial charge on any atom is 0.199 e. The molecule has 0 fully saturated rings. The van der Waals surface area contributed by atoms with Crippen LogP contribution in [0.25, 0.3) is 0 Å². The minimum absolute atomic E-state index is 0.0203. The van der Waals surface area contributed by atoms with Gasteiger partial charge in [-0.05, 0) is 46.1 Å². The average Bonchev–Trinajstić information content (AvgIpc) is 3.07. The molecule has 0 bridgehead atoms. The third-order valence-electron chi connectivity index (χ3n) is 3.64. The van der Waals surface area contributed by atoms with Gasteiger partial charge in [0.05, 0.1) is 6.21 Å². The van der Waals surface area contributed by atoms with Crippen LogP contribution < -0.4 is 16.2 Å². The Bertz CT molecular complexity index is 948. The molecule has 0 atom stereocenters. The summed E-state index contributed by atoms with van der Waals surface area (Å²) in [4.78, 5) is 0. The first-order valence-corrected chi connectivity index (χ1v) is 7.86. The Morgan fingerprint density at radius 2 is 2.04 bits per heavy atom. The van der Waals surface area contributed by atoms with E-state index in [2.05, 4.69) is 38.1 Å². The zero-order valence-corrected chi connectivity index (χ0v) is 14.2. The standard InChI is InChI=1S/C18H18N6O2/c1-12-5-2-3-7-14(12)11-25-15-8-4-6-13(9-15)10-21-22-17(19)16-18(20)24-26-23-16/h2-10H,11H2,1H3,(H2,19,22)(H2,20,24)/b21-10+. The van der Waals surface area contributed by atoms with Gasteiger partial charge in [0.25, 0.3) is 0 Å². The summed E-state index contributed by atoms with van der Waals surface area (Å²) in [5.74, 6) is 0.819. The summed E-state index contributed by atoms with van der Waals surface area (Å²) in [6.45, 7) is 2.55. The molecule has 3 aromatic rings. The van der Waals surface area contributed by atoms with Crippen LogP contribution >= 0.6 is 0 Å². The highest BCUT2D eigenvalue weighted by molar-refractivity contribution is 5.99. The lowest BCUT2D eigenvalue weighted by Gasteiger charge is -2.08. The second-order valence-corrected chi connectivity index (χ2v) is 5.52. The van der Waals surface area contributed by atoms with E-state index in [1.807, 2.05) is 42.5 Å². The molecule has 0 saturated heterocycles. The normalized spacial score (nSPS) is 11.8. The van der Waals surface area contributed by atoms with Crippen molar-refractivity contribution < 1.29 is 9.37 Å². The minimum Gasteiger partial charge on any atom is -0.489 e. The van der Waals surface area contributed by atoms with Crippen LogP contribution in [0.5, 0.6) is 5.75 Å². The van der Waals surface area contributed by atoms with Crippen molar-refractivity contribution >= 4 is 17.9 Å². The lowest BCUT2D eigenvalue weighted by Crippen LogP contribution is -2.15. The van der Waals surface area contributed by atoms with Gasteiger partial charge < -0.3 is 16.2 Å². The van der Waals surface area contributed by atoms with Crippen molar-refractivity contribution in [2.45, 2.75) is 13.5 Å². The molecule has 0 amide bonds. The quantitative estimate of drug-likeness (QED) is 0.399. The van der Waals surface area contributed by atoms with E-state index in [4.69, 9.17) is 16.2 Å². The van der Waals surface area contributed by atoms with Crippen molar-refractivity contribution in [3.63, 3.8) is 0 Å². The Morgan fingerprint density at radius 1 is 1.19 bits per heavy atom. The van der Waals surface area contributed by atoms with Crippen LogP contribution in [-0.4, -0.2) is 22.4 Å². The fourth-order valence-corrected chi connectivity index (χ4v) is 2.20. The Morgan fingerprint density at radius 3 is 2.81 bits per heavy atom. The zero-order valence-electron chi connectivity index (χ0n) is 14.2. The van der Waals surface area contributed by atoms with Crippen LogP contribution in [0.1, 0.15) is 22.4 Å². The summed E-state index contributed by atoms with van der Waals surface area (Å²) in [5, 5.41) is 14.8. The van der Waals surface area contributed by atoms with E-state index < -0.39 is 0 Å². The average molecular weight is 350 g/mol. The van der Waals surface area contributed by atoms with Gasteiger partial charge in [-0.15, -0.1) is 5.10 Å². The number of aromatic nitrogens is 2. The number of rotatable bonds is 6. The lowest BCUT2D eigenvalue weighted by molar-refractivity contribution is 0.305. The molecular formula is C18H18N6O2. The fourth-order valence-electron chi connectivity index (χ4n) is 2.20. The summed E-state index contributed by atoms with van der Waals surface area (Å²) >= 11 is 0. The van der Waals surface area contributed by atoms with Gasteiger partial charge in [-0.3, -0.25) is 0 Å². The zero-order chi connectivity index (χ0) is 18.4. The molecule has 0 aliphatic carbocycles. The number of nitrogens with zero attached hydrogens (tertiary/aromatic N) is 4. The van der Waals surface area contributed by atoms with Crippen molar-refractivity contribution in [3.05, 3.63) is 70.9 Å². The molecule has 3 rings (SSSR count). The predicted molar refractivity (Wildman–Crippen MR) is 99.0 cm³/mol. The maximum atomic E-state index is 5.85. The van der Waals surface area contributed by atoms with Gasteiger partial charge in [0.2, 0.25) is 0 Å². The van der Waals surface area contributed by atoms with Gasteiger partial charge in [0.15, 0.2) is 17.3 Å². The van der Waals surface area contributed by atoms with E-state index in [1.54, 1.807) is 6.21 Å². The minimum atomic E-state index is 0.0203.